The van der Waals surface area contributed by atoms with Gasteiger partial charge in [-0.1, -0.05) is 18.2 Å². The molecule has 0 aliphatic heterocycles. The molecule has 0 unspecified atom stereocenters. The third-order valence-corrected chi connectivity index (χ3v) is 4.41. The van der Waals surface area contributed by atoms with E-state index in [4.69, 9.17) is 4.74 Å². The van der Waals surface area contributed by atoms with Crippen molar-refractivity contribution >= 4 is 11.8 Å². The molecule has 7 nitrogen and oxygen atoms in total. The van der Waals surface area contributed by atoms with E-state index in [0.717, 1.165) is 17.1 Å². The summed E-state index contributed by atoms with van der Waals surface area (Å²) in [6.07, 6.45) is 5.12. The second-order valence-corrected chi connectivity index (χ2v) is 6.13. The van der Waals surface area contributed by atoms with Crippen LogP contribution in [0.3, 0.4) is 0 Å². The van der Waals surface area contributed by atoms with Crippen LogP contribution in [0.5, 0.6) is 5.88 Å². The second-order valence-electron chi connectivity index (χ2n) is 5.20. The van der Waals surface area contributed by atoms with Crippen LogP contribution in [0.4, 0.5) is 0 Å². The topological polar surface area (TPSA) is 78.6 Å². The number of nitrogens with zero attached hydrogens (tertiary/aromatic N) is 6. The third kappa shape index (κ3) is 3.27. The summed E-state index contributed by atoms with van der Waals surface area (Å²) < 4.78 is 7.14. The Bertz CT molecular complexity index is 1010. The number of rotatable bonds is 5. The molecule has 26 heavy (non-hydrogen) atoms. The highest BCUT2D eigenvalue weighted by Gasteiger charge is 2.17. The minimum Gasteiger partial charge on any atom is -0.481 e. The lowest BCUT2D eigenvalue weighted by atomic mass is 10.2. The fourth-order valence-electron chi connectivity index (χ4n) is 2.40. The second kappa shape index (κ2) is 7.32. The van der Waals surface area contributed by atoms with Gasteiger partial charge in [0, 0.05) is 35.9 Å². The Labute approximate surface area is 154 Å². The van der Waals surface area contributed by atoms with Crippen LogP contribution in [0.1, 0.15) is 0 Å². The van der Waals surface area contributed by atoms with E-state index in [-0.39, 0.29) is 0 Å². The first-order valence-electron chi connectivity index (χ1n) is 7.81. The van der Waals surface area contributed by atoms with Crippen molar-refractivity contribution in [3.05, 3.63) is 67.1 Å². The molecule has 0 aliphatic carbocycles. The number of hydrogen-bond donors (Lipinski definition) is 0. The minimum atomic E-state index is 0.502. The van der Waals surface area contributed by atoms with E-state index in [2.05, 4.69) is 25.1 Å². The molecule has 0 saturated heterocycles. The number of ether oxygens (including phenoxy) is 1. The van der Waals surface area contributed by atoms with Crippen molar-refractivity contribution < 1.29 is 4.74 Å². The van der Waals surface area contributed by atoms with Crippen molar-refractivity contribution in [3.8, 4) is 23.0 Å². The number of aromatic nitrogens is 6. The van der Waals surface area contributed by atoms with Gasteiger partial charge in [-0.2, -0.15) is 4.98 Å². The van der Waals surface area contributed by atoms with Gasteiger partial charge in [-0.3, -0.25) is 9.55 Å². The van der Waals surface area contributed by atoms with Crippen molar-refractivity contribution in [1.29, 1.82) is 0 Å². The van der Waals surface area contributed by atoms with E-state index in [1.54, 1.807) is 31.8 Å². The molecule has 0 spiro atoms. The molecule has 0 aliphatic rings. The number of pyridine rings is 1. The van der Waals surface area contributed by atoms with Gasteiger partial charge in [-0.25, -0.2) is 4.98 Å². The normalized spacial score (nSPS) is 10.7. The summed E-state index contributed by atoms with van der Waals surface area (Å²) in [5.41, 5.74) is 1.88. The molecule has 1 aromatic carbocycles. The van der Waals surface area contributed by atoms with Gasteiger partial charge >= 0.3 is 0 Å². The van der Waals surface area contributed by atoms with Crippen molar-refractivity contribution in [2.75, 3.05) is 7.11 Å². The van der Waals surface area contributed by atoms with Crippen molar-refractivity contribution in [2.45, 2.75) is 10.3 Å². The highest BCUT2D eigenvalue weighted by Crippen LogP contribution is 2.30. The predicted octanol–water partition coefficient (Wildman–Crippen LogP) is 3.28. The highest BCUT2D eigenvalue weighted by atomic mass is 32.2. The molecule has 0 amide bonds. The summed E-state index contributed by atoms with van der Waals surface area (Å²) in [6, 6.07) is 15.4. The van der Waals surface area contributed by atoms with Crippen LogP contribution in [0.2, 0.25) is 0 Å². The van der Waals surface area contributed by atoms with E-state index >= 15 is 0 Å². The average molecular weight is 362 g/mol. The van der Waals surface area contributed by atoms with Gasteiger partial charge in [0.1, 0.15) is 0 Å². The van der Waals surface area contributed by atoms with Crippen LogP contribution in [0.15, 0.2) is 77.4 Å². The van der Waals surface area contributed by atoms with Crippen LogP contribution in [0, 0.1) is 0 Å². The monoisotopic (exact) mass is 362 g/mol. The maximum Gasteiger partial charge on any atom is 0.217 e. The molecule has 0 radical (unpaired) electrons. The molecule has 0 saturated carbocycles. The molecule has 4 aromatic rings. The van der Waals surface area contributed by atoms with Crippen molar-refractivity contribution in [3.63, 3.8) is 0 Å². The first kappa shape index (κ1) is 16.2. The van der Waals surface area contributed by atoms with Crippen LogP contribution in [0.25, 0.3) is 17.1 Å². The van der Waals surface area contributed by atoms with Crippen LogP contribution >= 0.6 is 11.8 Å². The number of methoxy groups -OCH3 is 1. The maximum absolute atomic E-state index is 5.17. The lowest BCUT2D eigenvalue weighted by Crippen LogP contribution is -2.00. The van der Waals surface area contributed by atoms with E-state index in [1.165, 1.54) is 11.8 Å². The van der Waals surface area contributed by atoms with E-state index in [1.807, 2.05) is 47.0 Å². The zero-order valence-electron chi connectivity index (χ0n) is 13.9. The molecule has 8 heteroatoms. The van der Waals surface area contributed by atoms with E-state index in [0.29, 0.717) is 16.2 Å². The van der Waals surface area contributed by atoms with E-state index in [9.17, 15) is 0 Å². The van der Waals surface area contributed by atoms with Crippen LogP contribution < -0.4 is 4.74 Å². The molecule has 0 fully saturated rings. The Hall–Kier alpha value is -3.26. The molecule has 128 valence electrons. The van der Waals surface area contributed by atoms with Gasteiger partial charge in [0.15, 0.2) is 11.0 Å². The molecular formula is C18H14N6OS. The Kier molecular flexibility index (Phi) is 4.57. The zero-order valence-corrected chi connectivity index (χ0v) is 14.7. The lowest BCUT2D eigenvalue weighted by molar-refractivity contribution is 0.392. The Balaban J connectivity index is 1.81. The van der Waals surface area contributed by atoms with Crippen LogP contribution in [-0.4, -0.2) is 36.8 Å². The fraction of sp³-hybridized carbons (Fsp3) is 0.0556. The molecule has 0 bridgehead atoms. The van der Waals surface area contributed by atoms with Crippen LogP contribution in [-0.2, 0) is 0 Å². The summed E-state index contributed by atoms with van der Waals surface area (Å²) in [5.74, 6) is 1.23. The predicted molar refractivity (Wildman–Crippen MR) is 97.3 cm³/mol. The van der Waals surface area contributed by atoms with Gasteiger partial charge in [-0.05, 0) is 36.0 Å². The quantitative estimate of drug-likeness (QED) is 0.504. The maximum atomic E-state index is 5.17. The molecular weight excluding hydrogens is 348 g/mol. The van der Waals surface area contributed by atoms with Gasteiger partial charge in [-0.15, -0.1) is 10.2 Å². The first-order chi connectivity index (χ1) is 12.8. The van der Waals surface area contributed by atoms with Gasteiger partial charge < -0.3 is 4.74 Å². The highest BCUT2D eigenvalue weighted by molar-refractivity contribution is 7.99. The minimum absolute atomic E-state index is 0.502. The van der Waals surface area contributed by atoms with Crippen molar-refractivity contribution in [1.82, 2.24) is 29.7 Å². The average Bonchev–Trinajstić information content (AvgIpc) is 3.13. The fourth-order valence-corrected chi connectivity index (χ4v) is 3.18. The Morgan fingerprint density at radius 1 is 0.923 bits per heavy atom. The van der Waals surface area contributed by atoms with Gasteiger partial charge in [0.25, 0.3) is 0 Å². The lowest BCUT2D eigenvalue weighted by Gasteiger charge is -2.09. The molecule has 4 rings (SSSR count). The first-order valence-corrected chi connectivity index (χ1v) is 8.63. The molecule has 0 atom stereocenters. The largest absolute Gasteiger partial charge is 0.481 e. The number of benzene rings is 1. The van der Waals surface area contributed by atoms with Crippen molar-refractivity contribution in [2.24, 2.45) is 0 Å². The zero-order chi connectivity index (χ0) is 17.8. The smallest absolute Gasteiger partial charge is 0.217 e. The third-order valence-electron chi connectivity index (χ3n) is 3.59. The van der Waals surface area contributed by atoms with Gasteiger partial charge in [0.2, 0.25) is 11.0 Å². The summed E-state index contributed by atoms with van der Waals surface area (Å²) in [7, 11) is 1.57. The summed E-state index contributed by atoms with van der Waals surface area (Å²) >= 11 is 1.33. The molecule has 3 aromatic heterocycles. The Morgan fingerprint density at radius 2 is 1.73 bits per heavy atom. The standard InChI is InChI=1S/C18H14N6OS/c1-25-15-9-12-20-17(21-15)26-18-23-22-16(13-7-10-19-11-8-13)24(18)14-5-3-2-4-6-14/h2-12H,1H3. The summed E-state index contributed by atoms with van der Waals surface area (Å²) in [4.78, 5) is 12.7. The molecule has 0 N–H and O–H groups in total. The summed E-state index contributed by atoms with van der Waals surface area (Å²) in [5, 5.41) is 9.93. The summed E-state index contributed by atoms with van der Waals surface area (Å²) in [6.45, 7) is 0. The number of para-hydroxylation sites is 1. The number of hydrogen-bond acceptors (Lipinski definition) is 7. The Morgan fingerprint density at radius 3 is 2.50 bits per heavy atom. The SMILES string of the molecule is COc1ccnc(Sc2nnc(-c3ccncc3)n2-c2ccccc2)n1. The van der Waals surface area contributed by atoms with E-state index < -0.39 is 0 Å². The van der Waals surface area contributed by atoms with Gasteiger partial charge in [0.05, 0.1) is 7.11 Å². The molecule has 3 heterocycles.